The third-order valence-electron chi connectivity index (χ3n) is 2.86. The average molecular weight is 245 g/mol. The third kappa shape index (κ3) is 2.20. The van der Waals surface area contributed by atoms with Crippen LogP contribution in [0.25, 0.3) is 0 Å². The molecule has 0 unspecified atom stereocenters. The summed E-state index contributed by atoms with van der Waals surface area (Å²) in [5, 5.41) is 14.3. The highest BCUT2D eigenvalue weighted by molar-refractivity contribution is 6.02. The lowest BCUT2D eigenvalue weighted by Gasteiger charge is -2.06. The normalized spacial score (nSPS) is 10.4. The van der Waals surface area contributed by atoms with Crippen molar-refractivity contribution >= 4 is 11.6 Å². The standard InChI is InChI=1S/C13H15N3O2/c1-9-5-4-6-11(7-9)14-13(17)12-10(2)15(3)8-16(12)18/h4-8H,1-3H3,(H,14,17). The van der Waals surface area contributed by atoms with Gasteiger partial charge < -0.3 is 10.5 Å². The number of anilines is 1. The van der Waals surface area contributed by atoms with E-state index in [1.807, 2.05) is 25.1 Å². The van der Waals surface area contributed by atoms with Crippen molar-refractivity contribution < 1.29 is 9.52 Å². The van der Waals surface area contributed by atoms with Crippen LogP contribution in [0.1, 0.15) is 21.7 Å². The minimum absolute atomic E-state index is 0.124. The predicted octanol–water partition coefficient (Wildman–Crippen LogP) is 1.53. The molecule has 0 spiro atoms. The lowest BCUT2D eigenvalue weighted by molar-refractivity contribution is -0.607. The summed E-state index contributed by atoms with van der Waals surface area (Å²) < 4.78 is 2.21. The molecule has 0 bridgehead atoms. The van der Waals surface area contributed by atoms with Crippen LogP contribution in [0.2, 0.25) is 0 Å². The number of hydrogen-bond acceptors (Lipinski definition) is 2. The molecule has 2 aromatic rings. The van der Waals surface area contributed by atoms with Gasteiger partial charge in [0.05, 0.1) is 7.05 Å². The molecule has 0 atom stereocenters. The Bertz CT molecular complexity index is 602. The summed E-state index contributed by atoms with van der Waals surface area (Å²) in [7, 11) is 1.73. The van der Waals surface area contributed by atoms with Gasteiger partial charge in [0.15, 0.2) is 5.69 Å². The van der Waals surface area contributed by atoms with E-state index in [0.29, 0.717) is 16.1 Å². The molecule has 0 aliphatic rings. The zero-order valence-electron chi connectivity index (χ0n) is 10.6. The number of carbonyl (C=O) groups is 1. The van der Waals surface area contributed by atoms with E-state index >= 15 is 0 Å². The fourth-order valence-corrected chi connectivity index (χ4v) is 1.81. The summed E-state index contributed by atoms with van der Waals surface area (Å²) in [4.78, 5) is 12.0. The van der Waals surface area contributed by atoms with Gasteiger partial charge in [-0.3, -0.25) is 4.79 Å². The van der Waals surface area contributed by atoms with Crippen LogP contribution in [-0.4, -0.2) is 10.5 Å². The van der Waals surface area contributed by atoms with Crippen molar-refractivity contribution in [3.8, 4) is 0 Å². The topological polar surface area (TPSA) is 61.0 Å². The first-order chi connectivity index (χ1) is 8.49. The lowest BCUT2D eigenvalue weighted by Crippen LogP contribution is -2.34. The molecule has 0 fully saturated rings. The fraction of sp³-hybridized carbons (Fsp3) is 0.231. The number of nitrogens with zero attached hydrogens (tertiary/aromatic N) is 2. The highest BCUT2D eigenvalue weighted by Gasteiger charge is 2.21. The Hall–Kier alpha value is -2.30. The molecule has 18 heavy (non-hydrogen) atoms. The summed E-state index contributed by atoms with van der Waals surface area (Å²) in [5.41, 5.74) is 2.49. The Morgan fingerprint density at radius 1 is 1.39 bits per heavy atom. The van der Waals surface area contributed by atoms with Gasteiger partial charge in [0.1, 0.15) is 0 Å². The van der Waals surface area contributed by atoms with Gasteiger partial charge in [0.25, 0.3) is 5.91 Å². The lowest BCUT2D eigenvalue weighted by atomic mass is 10.2. The molecule has 0 aliphatic carbocycles. The molecule has 5 heteroatoms. The third-order valence-corrected chi connectivity index (χ3v) is 2.86. The molecule has 5 nitrogen and oxygen atoms in total. The second-order valence-electron chi connectivity index (χ2n) is 4.31. The van der Waals surface area contributed by atoms with E-state index in [1.165, 1.54) is 6.33 Å². The molecule has 1 heterocycles. The molecule has 0 saturated heterocycles. The van der Waals surface area contributed by atoms with Crippen LogP contribution in [0.3, 0.4) is 0 Å². The number of nitrogens with one attached hydrogen (secondary N) is 1. The summed E-state index contributed by atoms with van der Waals surface area (Å²) >= 11 is 0. The number of imidazole rings is 1. The van der Waals surface area contributed by atoms with E-state index in [4.69, 9.17) is 0 Å². The first-order valence-corrected chi connectivity index (χ1v) is 5.62. The van der Waals surface area contributed by atoms with Crippen LogP contribution in [0.15, 0.2) is 30.6 Å². The van der Waals surface area contributed by atoms with E-state index < -0.39 is 5.91 Å². The smallest absolute Gasteiger partial charge is 0.300 e. The minimum atomic E-state index is -0.395. The second kappa shape index (κ2) is 4.52. The van der Waals surface area contributed by atoms with Crippen molar-refractivity contribution in [2.75, 3.05) is 5.32 Å². The van der Waals surface area contributed by atoms with E-state index in [-0.39, 0.29) is 5.69 Å². The number of hydrogen-bond donors (Lipinski definition) is 1. The molecular formula is C13H15N3O2. The molecule has 0 radical (unpaired) electrons. The van der Waals surface area contributed by atoms with Gasteiger partial charge in [0, 0.05) is 12.6 Å². The predicted molar refractivity (Wildman–Crippen MR) is 68.2 cm³/mol. The SMILES string of the molecule is Cc1cccc(NC(=O)c2c(C)n(C)c[n+]2[O-])c1. The van der Waals surface area contributed by atoms with Crippen molar-refractivity contribution in [2.24, 2.45) is 7.05 Å². The highest BCUT2D eigenvalue weighted by atomic mass is 16.5. The molecule has 1 amide bonds. The van der Waals surface area contributed by atoms with Crippen molar-refractivity contribution in [2.45, 2.75) is 13.8 Å². The van der Waals surface area contributed by atoms with Crippen molar-refractivity contribution in [1.82, 2.24) is 4.57 Å². The second-order valence-corrected chi connectivity index (χ2v) is 4.31. The number of aryl methyl sites for hydroxylation is 2. The maximum atomic E-state index is 12.0. The average Bonchev–Trinajstić information content (AvgIpc) is 2.53. The van der Waals surface area contributed by atoms with Gasteiger partial charge in [-0.1, -0.05) is 12.1 Å². The zero-order valence-corrected chi connectivity index (χ0v) is 10.6. The van der Waals surface area contributed by atoms with Gasteiger partial charge in [-0.05, 0) is 24.6 Å². The molecular weight excluding hydrogens is 230 g/mol. The summed E-state index contributed by atoms with van der Waals surface area (Å²) in [6, 6.07) is 7.44. The number of aromatic nitrogens is 2. The Labute approximate surface area is 105 Å². The van der Waals surface area contributed by atoms with Crippen LogP contribution in [-0.2, 0) is 7.05 Å². The highest BCUT2D eigenvalue weighted by Crippen LogP contribution is 2.11. The summed E-state index contributed by atoms with van der Waals surface area (Å²) in [6.45, 7) is 3.68. The Kier molecular flexibility index (Phi) is 3.06. The molecule has 94 valence electrons. The van der Waals surface area contributed by atoms with Gasteiger partial charge in [0.2, 0.25) is 12.0 Å². The summed E-state index contributed by atoms with van der Waals surface area (Å²) in [6.07, 6.45) is 1.33. The number of benzene rings is 1. The van der Waals surface area contributed by atoms with E-state index in [1.54, 1.807) is 24.6 Å². The molecule has 1 aromatic heterocycles. The summed E-state index contributed by atoms with van der Waals surface area (Å²) in [5.74, 6) is -0.395. The van der Waals surface area contributed by atoms with Gasteiger partial charge >= 0.3 is 0 Å². The Morgan fingerprint density at radius 3 is 2.67 bits per heavy atom. The number of amides is 1. The molecule has 0 aliphatic heterocycles. The van der Waals surface area contributed by atoms with E-state index in [2.05, 4.69) is 5.32 Å². The fourth-order valence-electron chi connectivity index (χ4n) is 1.81. The zero-order chi connectivity index (χ0) is 13.3. The monoisotopic (exact) mass is 245 g/mol. The first-order valence-electron chi connectivity index (χ1n) is 5.62. The van der Waals surface area contributed by atoms with E-state index in [9.17, 15) is 10.0 Å². The Morgan fingerprint density at radius 2 is 2.11 bits per heavy atom. The maximum absolute atomic E-state index is 12.0. The van der Waals surface area contributed by atoms with E-state index in [0.717, 1.165) is 5.56 Å². The van der Waals surface area contributed by atoms with Crippen molar-refractivity contribution in [1.29, 1.82) is 0 Å². The Balaban J connectivity index is 2.27. The maximum Gasteiger partial charge on any atom is 0.300 e. The number of carbonyl (C=O) groups excluding carboxylic acids is 1. The van der Waals surface area contributed by atoms with Crippen LogP contribution in [0.4, 0.5) is 5.69 Å². The van der Waals surface area contributed by atoms with Crippen LogP contribution < -0.4 is 10.0 Å². The van der Waals surface area contributed by atoms with Crippen LogP contribution in [0, 0.1) is 19.1 Å². The quantitative estimate of drug-likeness (QED) is 0.644. The molecule has 0 saturated carbocycles. The number of rotatable bonds is 2. The molecule has 1 aromatic carbocycles. The largest absolute Gasteiger partial charge is 0.710 e. The van der Waals surface area contributed by atoms with Gasteiger partial charge in [-0.15, -0.1) is 0 Å². The van der Waals surface area contributed by atoms with Crippen molar-refractivity contribution in [3.63, 3.8) is 0 Å². The van der Waals surface area contributed by atoms with Crippen molar-refractivity contribution in [3.05, 3.63) is 52.8 Å². The van der Waals surface area contributed by atoms with Crippen LogP contribution in [0.5, 0.6) is 0 Å². The minimum Gasteiger partial charge on any atom is -0.710 e. The first kappa shape index (κ1) is 12.2. The molecule has 1 N–H and O–H groups in total. The van der Waals surface area contributed by atoms with Gasteiger partial charge in [-0.2, -0.15) is 0 Å². The molecule has 2 rings (SSSR count). The van der Waals surface area contributed by atoms with Gasteiger partial charge in [-0.25, -0.2) is 9.30 Å². The van der Waals surface area contributed by atoms with Crippen LogP contribution >= 0.6 is 0 Å².